The molecule has 0 saturated carbocycles. The number of aromatic nitrogens is 4. The average molecular weight is 304 g/mol. The van der Waals surface area contributed by atoms with Crippen molar-refractivity contribution in [3.8, 4) is 11.8 Å². The number of hydrogen-bond donors (Lipinski definition) is 0. The van der Waals surface area contributed by atoms with Crippen LogP contribution >= 0.6 is 11.6 Å². The predicted molar refractivity (Wildman–Crippen MR) is 76.8 cm³/mol. The number of fused-ring (bicyclic) bond motifs is 1. The summed E-state index contributed by atoms with van der Waals surface area (Å²) in [6, 6.07) is 6.06. The van der Waals surface area contributed by atoms with Gasteiger partial charge in [-0.2, -0.15) is 10.4 Å². The van der Waals surface area contributed by atoms with E-state index in [0.717, 1.165) is 16.9 Å². The van der Waals surface area contributed by atoms with Crippen molar-refractivity contribution in [1.29, 1.82) is 5.26 Å². The van der Waals surface area contributed by atoms with Crippen molar-refractivity contribution >= 4 is 22.8 Å². The fraction of sp³-hybridized carbons (Fsp3) is 0.214. The number of aryl methyl sites for hydroxylation is 2. The van der Waals surface area contributed by atoms with Crippen LogP contribution in [0, 0.1) is 24.1 Å². The van der Waals surface area contributed by atoms with Crippen molar-refractivity contribution in [2.45, 2.75) is 12.8 Å². The third-order valence-corrected chi connectivity index (χ3v) is 3.55. The number of alkyl halides is 1. The lowest BCUT2D eigenvalue weighted by Gasteiger charge is -2.10. The second kappa shape index (κ2) is 4.86. The highest BCUT2D eigenvalue weighted by Gasteiger charge is 2.20. The van der Waals surface area contributed by atoms with Gasteiger partial charge in [0.05, 0.1) is 22.8 Å². The molecular weight excluding hydrogens is 293 g/mol. The Labute approximate surface area is 125 Å². The van der Waals surface area contributed by atoms with Gasteiger partial charge in [-0.15, -0.1) is 11.6 Å². The molecule has 0 aliphatic rings. The Balaban J connectivity index is 2.42. The molecule has 0 spiro atoms. The van der Waals surface area contributed by atoms with Crippen molar-refractivity contribution < 1.29 is 4.39 Å². The number of rotatable bonds is 2. The Morgan fingerprint density at radius 3 is 2.86 bits per heavy atom. The lowest BCUT2D eigenvalue weighted by Crippen LogP contribution is -2.06. The summed E-state index contributed by atoms with van der Waals surface area (Å²) in [6.45, 7) is 1.85. The van der Waals surface area contributed by atoms with Crippen molar-refractivity contribution in [3.05, 3.63) is 41.1 Å². The predicted octanol–water partition coefficient (Wildman–Crippen LogP) is 2.82. The monoisotopic (exact) mass is 303 g/mol. The number of benzene rings is 1. The number of imidazole rings is 1. The highest BCUT2D eigenvalue weighted by atomic mass is 35.5. The van der Waals surface area contributed by atoms with E-state index in [4.69, 9.17) is 11.6 Å². The largest absolute Gasteiger partial charge is 0.279 e. The molecule has 0 atom stereocenters. The van der Waals surface area contributed by atoms with E-state index >= 15 is 0 Å². The van der Waals surface area contributed by atoms with Gasteiger partial charge in [-0.3, -0.25) is 4.57 Å². The Morgan fingerprint density at radius 1 is 1.43 bits per heavy atom. The zero-order chi connectivity index (χ0) is 15.1. The molecule has 3 aromatic rings. The summed E-state index contributed by atoms with van der Waals surface area (Å²) < 4.78 is 16.8. The molecule has 0 radical (unpaired) electrons. The van der Waals surface area contributed by atoms with E-state index in [1.54, 1.807) is 22.4 Å². The maximum atomic E-state index is 13.3. The van der Waals surface area contributed by atoms with Crippen LogP contribution in [0.3, 0.4) is 0 Å². The smallest absolute Gasteiger partial charge is 0.163 e. The molecule has 21 heavy (non-hydrogen) atoms. The van der Waals surface area contributed by atoms with Gasteiger partial charge in [0.15, 0.2) is 5.65 Å². The summed E-state index contributed by atoms with van der Waals surface area (Å²) in [7, 11) is 1.79. The fourth-order valence-corrected chi connectivity index (χ4v) is 2.63. The molecule has 1 aromatic carbocycles. The average Bonchev–Trinajstić information content (AvgIpc) is 2.97. The molecule has 0 unspecified atom stereocenters. The Bertz CT molecular complexity index is 887. The van der Waals surface area contributed by atoms with Crippen molar-refractivity contribution in [3.63, 3.8) is 0 Å². The minimum absolute atomic E-state index is 0.177. The molecule has 5 nitrogen and oxygen atoms in total. The minimum Gasteiger partial charge on any atom is -0.279 e. The van der Waals surface area contributed by atoms with E-state index in [0.29, 0.717) is 11.5 Å². The summed E-state index contributed by atoms with van der Waals surface area (Å²) in [5.74, 6) is 0.308. The Kier molecular flexibility index (Phi) is 3.15. The van der Waals surface area contributed by atoms with Crippen molar-refractivity contribution in [1.82, 2.24) is 19.3 Å². The van der Waals surface area contributed by atoms with Crippen LogP contribution < -0.4 is 0 Å². The first-order chi connectivity index (χ1) is 10.1. The van der Waals surface area contributed by atoms with Crippen LogP contribution in [0.15, 0.2) is 18.2 Å². The van der Waals surface area contributed by atoms with E-state index in [1.807, 2.05) is 13.0 Å². The van der Waals surface area contributed by atoms with Crippen molar-refractivity contribution in [2.75, 3.05) is 0 Å². The molecule has 0 fully saturated rings. The van der Waals surface area contributed by atoms with E-state index in [9.17, 15) is 9.65 Å². The maximum absolute atomic E-state index is 13.3. The topological polar surface area (TPSA) is 59.4 Å². The van der Waals surface area contributed by atoms with E-state index in [1.165, 1.54) is 12.1 Å². The van der Waals surface area contributed by atoms with E-state index in [-0.39, 0.29) is 11.4 Å². The fourth-order valence-electron chi connectivity index (χ4n) is 2.45. The number of hydrogen-bond acceptors (Lipinski definition) is 3. The molecule has 3 rings (SSSR count). The maximum Gasteiger partial charge on any atom is 0.163 e. The lowest BCUT2D eigenvalue weighted by atomic mass is 10.2. The second-order valence-corrected chi connectivity index (χ2v) is 4.92. The molecule has 0 saturated heterocycles. The molecule has 2 heterocycles. The number of nitrogens with zero attached hydrogens (tertiary/aromatic N) is 5. The first-order valence-corrected chi connectivity index (χ1v) is 6.77. The summed E-state index contributed by atoms with van der Waals surface area (Å²) in [4.78, 5) is 4.47. The van der Waals surface area contributed by atoms with E-state index in [2.05, 4.69) is 10.1 Å². The van der Waals surface area contributed by atoms with Crippen LogP contribution in [0.5, 0.6) is 0 Å². The summed E-state index contributed by atoms with van der Waals surface area (Å²) >= 11 is 5.97. The molecule has 7 heteroatoms. The van der Waals surface area contributed by atoms with Crippen LogP contribution in [0.1, 0.15) is 17.1 Å². The summed E-state index contributed by atoms with van der Waals surface area (Å²) in [5, 5.41) is 13.6. The van der Waals surface area contributed by atoms with Crippen LogP contribution in [0.25, 0.3) is 16.9 Å². The van der Waals surface area contributed by atoms with Gasteiger partial charge in [-0.25, -0.2) is 14.1 Å². The second-order valence-electron chi connectivity index (χ2n) is 4.65. The van der Waals surface area contributed by atoms with Crippen LogP contribution in [0.2, 0.25) is 0 Å². The lowest BCUT2D eigenvalue weighted by molar-refractivity contribution is 0.626. The first kappa shape index (κ1) is 13.6. The van der Waals surface area contributed by atoms with Crippen LogP contribution in [-0.2, 0) is 12.9 Å². The third kappa shape index (κ3) is 1.98. The quantitative estimate of drug-likeness (QED) is 0.684. The molecule has 0 N–H and O–H groups in total. The zero-order valence-electron chi connectivity index (χ0n) is 11.4. The first-order valence-electron chi connectivity index (χ1n) is 6.23. The Hall–Kier alpha value is -2.39. The van der Waals surface area contributed by atoms with Gasteiger partial charge in [0.1, 0.15) is 23.2 Å². The van der Waals surface area contributed by atoms with Crippen LogP contribution in [0.4, 0.5) is 4.39 Å². The molecule has 0 aliphatic carbocycles. The number of halogens is 2. The highest BCUT2D eigenvalue weighted by Crippen LogP contribution is 2.26. The van der Waals surface area contributed by atoms with Gasteiger partial charge in [0, 0.05) is 7.05 Å². The summed E-state index contributed by atoms with van der Waals surface area (Å²) in [5.41, 5.74) is 2.99. The van der Waals surface area contributed by atoms with Gasteiger partial charge < -0.3 is 0 Å². The standard InChI is InChI=1S/C14H11ClFN5/c1-8-13-14(20(2)19-8)21(12(6-15)18-13)11-4-3-10(16)5-9(11)7-17/h3-5H,6H2,1-2H3. The molecule has 0 amide bonds. The molecular formula is C14H11ClFN5. The normalized spacial score (nSPS) is 11.0. The molecule has 0 bridgehead atoms. The van der Waals surface area contributed by atoms with Gasteiger partial charge in [-0.1, -0.05) is 0 Å². The Morgan fingerprint density at radius 2 is 2.19 bits per heavy atom. The van der Waals surface area contributed by atoms with Crippen molar-refractivity contribution in [2.24, 2.45) is 7.05 Å². The van der Waals surface area contributed by atoms with Gasteiger partial charge in [-0.05, 0) is 25.1 Å². The van der Waals surface area contributed by atoms with Gasteiger partial charge in [0.2, 0.25) is 0 Å². The molecule has 0 aliphatic heterocycles. The summed E-state index contributed by atoms with van der Waals surface area (Å²) in [6.07, 6.45) is 0. The highest BCUT2D eigenvalue weighted by molar-refractivity contribution is 6.17. The van der Waals surface area contributed by atoms with Crippen LogP contribution in [-0.4, -0.2) is 19.3 Å². The SMILES string of the molecule is Cc1nn(C)c2c1nc(CCl)n2-c1ccc(F)cc1C#N. The van der Waals surface area contributed by atoms with E-state index < -0.39 is 5.82 Å². The third-order valence-electron chi connectivity index (χ3n) is 3.31. The molecule has 106 valence electrons. The van der Waals surface area contributed by atoms with Gasteiger partial charge in [0.25, 0.3) is 0 Å². The minimum atomic E-state index is -0.458. The number of nitriles is 1. The molecule has 2 aromatic heterocycles. The van der Waals surface area contributed by atoms with Gasteiger partial charge >= 0.3 is 0 Å². The zero-order valence-corrected chi connectivity index (χ0v) is 12.2.